The van der Waals surface area contributed by atoms with Crippen LogP contribution in [0.5, 0.6) is 0 Å². The van der Waals surface area contributed by atoms with Crippen molar-refractivity contribution in [3.63, 3.8) is 0 Å². The molecule has 9 heteroatoms. The summed E-state index contributed by atoms with van der Waals surface area (Å²) in [6.45, 7) is 3.93. The van der Waals surface area contributed by atoms with Crippen LogP contribution in [0.1, 0.15) is 49.6 Å². The van der Waals surface area contributed by atoms with Gasteiger partial charge in [0.2, 0.25) is 11.0 Å². The molecule has 1 aliphatic carbocycles. The van der Waals surface area contributed by atoms with E-state index in [9.17, 15) is 13.2 Å². The van der Waals surface area contributed by atoms with E-state index in [-0.39, 0.29) is 21.9 Å². The first-order valence-corrected chi connectivity index (χ1v) is 10.3. The minimum Gasteiger partial charge on any atom is -0.369 e. The summed E-state index contributed by atoms with van der Waals surface area (Å²) < 4.78 is 27.4. The fraction of sp³-hybridized carbons (Fsp3) is 0.438. The van der Waals surface area contributed by atoms with Gasteiger partial charge in [-0.1, -0.05) is 43.7 Å². The number of nitrogens with one attached hydrogen (secondary N) is 1. The van der Waals surface area contributed by atoms with Gasteiger partial charge in [0.1, 0.15) is 5.01 Å². The van der Waals surface area contributed by atoms with Crippen LogP contribution in [0.3, 0.4) is 0 Å². The Morgan fingerprint density at radius 3 is 2.32 bits per heavy atom. The highest BCUT2D eigenvalue weighted by molar-refractivity contribution is 7.93. The van der Waals surface area contributed by atoms with Crippen molar-refractivity contribution < 1.29 is 13.2 Å². The molecule has 2 aromatic rings. The minimum absolute atomic E-state index is 0.108. The molecule has 1 aromatic carbocycles. The van der Waals surface area contributed by atoms with Crippen LogP contribution in [0.2, 0.25) is 0 Å². The van der Waals surface area contributed by atoms with Gasteiger partial charge < -0.3 is 5.73 Å². The van der Waals surface area contributed by atoms with E-state index < -0.39 is 15.4 Å². The van der Waals surface area contributed by atoms with Crippen LogP contribution in [0.25, 0.3) is 0 Å². The number of primary amides is 1. The summed E-state index contributed by atoms with van der Waals surface area (Å²) in [4.78, 5) is 11.9. The predicted octanol–water partition coefficient (Wildman–Crippen LogP) is 2.37. The molecule has 0 radical (unpaired) electrons. The van der Waals surface area contributed by atoms with Crippen LogP contribution >= 0.6 is 11.3 Å². The van der Waals surface area contributed by atoms with Gasteiger partial charge in [0.25, 0.3) is 10.0 Å². The number of nitrogens with two attached hydrogens (primary N) is 1. The van der Waals surface area contributed by atoms with Crippen molar-refractivity contribution in [1.82, 2.24) is 10.2 Å². The Balaban J connectivity index is 1.82. The molecule has 1 aromatic heterocycles. The molecule has 1 amide bonds. The van der Waals surface area contributed by atoms with Crippen LogP contribution < -0.4 is 10.5 Å². The van der Waals surface area contributed by atoms with Gasteiger partial charge in [0.05, 0.1) is 10.3 Å². The molecule has 0 bridgehead atoms. The zero-order chi connectivity index (χ0) is 18.2. The van der Waals surface area contributed by atoms with Gasteiger partial charge in [0, 0.05) is 5.92 Å². The van der Waals surface area contributed by atoms with E-state index in [0.29, 0.717) is 12.8 Å². The number of benzene rings is 1. The summed E-state index contributed by atoms with van der Waals surface area (Å²) in [7, 11) is -3.76. The summed E-state index contributed by atoms with van der Waals surface area (Å²) in [5, 5.41) is 8.84. The average molecular weight is 380 g/mol. The van der Waals surface area contributed by atoms with Crippen molar-refractivity contribution in [2.75, 3.05) is 4.72 Å². The molecule has 25 heavy (non-hydrogen) atoms. The van der Waals surface area contributed by atoms with Crippen molar-refractivity contribution in [3.05, 3.63) is 34.8 Å². The third-order valence-corrected chi connectivity index (χ3v) is 7.18. The first kappa shape index (κ1) is 17.8. The first-order valence-electron chi connectivity index (χ1n) is 8.01. The Morgan fingerprint density at radius 1 is 1.24 bits per heavy atom. The van der Waals surface area contributed by atoms with Gasteiger partial charge in [0.15, 0.2) is 0 Å². The second kappa shape index (κ2) is 6.38. The normalized spacial score (nSPS) is 16.4. The van der Waals surface area contributed by atoms with Crippen LogP contribution in [0, 0.1) is 0 Å². The van der Waals surface area contributed by atoms with Crippen molar-refractivity contribution in [1.29, 1.82) is 0 Å². The lowest BCUT2D eigenvalue weighted by Crippen LogP contribution is -2.46. The lowest BCUT2D eigenvalue weighted by molar-refractivity contribution is -0.126. The van der Waals surface area contributed by atoms with Gasteiger partial charge in [-0.2, -0.15) is 0 Å². The summed E-state index contributed by atoms with van der Waals surface area (Å²) >= 11 is 1.21. The van der Waals surface area contributed by atoms with Crippen LogP contribution in [-0.4, -0.2) is 24.5 Å². The number of rotatable bonds is 6. The fourth-order valence-electron chi connectivity index (χ4n) is 2.84. The van der Waals surface area contributed by atoms with Gasteiger partial charge >= 0.3 is 0 Å². The summed E-state index contributed by atoms with van der Waals surface area (Å²) in [6.07, 6.45) is 2.35. The van der Waals surface area contributed by atoms with E-state index in [0.717, 1.165) is 17.0 Å². The largest absolute Gasteiger partial charge is 0.369 e. The van der Waals surface area contributed by atoms with E-state index in [1.54, 1.807) is 12.1 Å². The molecule has 1 heterocycles. The smallest absolute Gasteiger partial charge is 0.263 e. The Bertz CT molecular complexity index is 884. The maximum absolute atomic E-state index is 12.5. The number of hydrogen-bond acceptors (Lipinski definition) is 6. The average Bonchev–Trinajstić information content (AvgIpc) is 2.94. The van der Waals surface area contributed by atoms with E-state index in [1.807, 2.05) is 13.8 Å². The maximum atomic E-state index is 12.5. The number of hydrogen-bond donors (Lipinski definition) is 2. The van der Waals surface area contributed by atoms with Crippen molar-refractivity contribution in [2.24, 2.45) is 5.73 Å². The van der Waals surface area contributed by atoms with Crippen LogP contribution in [0.4, 0.5) is 5.13 Å². The van der Waals surface area contributed by atoms with E-state index in [1.165, 1.54) is 23.5 Å². The number of carbonyl (C=O) groups is 1. The standard InChI is InChI=1S/C16H20N4O3S2/c1-10(2)13-18-19-15(24-13)20-25(22,23)12-6-4-11(5-7-12)16(14(17)21)8-3-9-16/h4-7,10H,3,8-9H2,1-2H3,(H2,17,21)(H,19,20). The van der Waals surface area contributed by atoms with Gasteiger partial charge in [-0.05, 0) is 30.5 Å². The minimum atomic E-state index is -3.76. The van der Waals surface area contributed by atoms with E-state index in [4.69, 9.17) is 5.73 Å². The van der Waals surface area contributed by atoms with E-state index >= 15 is 0 Å². The highest BCUT2D eigenvalue weighted by Gasteiger charge is 2.44. The Kier molecular flexibility index (Phi) is 4.54. The third kappa shape index (κ3) is 3.25. The number of amides is 1. The van der Waals surface area contributed by atoms with E-state index in [2.05, 4.69) is 14.9 Å². The highest BCUT2D eigenvalue weighted by atomic mass is 32.2. The molecule has 1 aliphatic rings. The molecule has 1 saturated carbocycles. The molecule has 0 saturated heterocycles. The first-order chi connectivity index (χ1) is 11.7. The van der Waals surface area contributed by atoms with Crippen molar-refractivity contribution in [2.45, 2.75) is 49.3 Å². The molecule has 7 nitrogen and oxygen atoms in total. The lowest BCUT2D eigenvalue weighted by atomic mass is 9.64. The lowest BCUT2D eigenvalue weighted by Gasteiger charge is -2.39. The number of carbonyl (C=O) groups excluding carboxylic acids is 1. The van der Waals surface area contributed by atoms with Crippen LogP contribution in [0.15, 0.2) is 29.2 Å². The van der Waals surface area contributed by atoms with Gasteiger partial charge in [-0.25, -0.2) is 8.42 Å². The zero-order valence-corrected chi connectivity index (χ0v) is 15.7. The second-order valence-electron chi connectivity index (χ2n) is 6.53. The number of aromatic nitrogens is 2. The highest BCUT2D eigenvalue weighted by Crippen LogP contribution is 2.43. The quantitative estimate of drug-likeness (QED) is 0.798. The monoisotopic (exact) mass is 380 g/mol. The Morgan fingerprint density at radius 2 is 1.88 bits per heavy atom. The number of nitrogens with zero attached hydrogens (tertiary/aromatic N) is 2. The molecule has 134 valence electrons. The molecule has 1 fully saturated rings. The number of sulfonamides is 1. The molecule has 0 spiro atoms. The maximum Gasteiger partial charge on any atom is 0.263 e. The van der Waals surface area contributed by atoms with Gasteiger partial charge in [-0.3, -0.25) is 9.52 Å². The van der Waals surface area contributed by atoms with Crippen LogP contribution in [-0.2, 0) is 20.2 Å². The molecule has 0 unspecified atom stereocenters. The molecule has 3 rings (SSSR count). The molecular weight excluding hydrogens is 360 g/mol. The van der Waals surface area contributed by atoms with Crippen molar-refractivity contribution in [3.8, 4) is 0 Å². The summed E-state index contributed by atoms with van der Waals surface area (Å²) in [6, 6.07) is 6.31. The number of anilines is 1. The Hall–Kier alpha value is -2.00. The summed E-state index contributed by atoms with van der Waals surface area (Å²) in [5.41, 5.74) is 5.65. The molecular formula is C16H20N4O3S2. The second-order valence-corrected chi connectivity index (χ2v) is 9.22. The zero-order valence-electron chi connectivity index (χ0n) is 14.0. The SMILES string of the molecule is CC(C)c1nnc(NS(=O)(=O)c2ccc(C3(C(N)=O)CCC3)cc2)s1. The fourth-order valence-corrected chi connectivity index (χ4v) is 4.82. The third-order valence-electron chi connectivity index (χ3n) is 4.55. The molecule has 3 N–H and O–H groups in total. The predicted molar refractivity (Wildman–Crippen MR) is 96.0 cm³/mol. The topological polar surface area (TPSA) is 115 Å². The van der Waals surface area contributed by atoms with Gasteiger partial charge in [-0.15, -0.1) is 10.2 Å². The molecule has 0 atom stereocenters. The van der Waals surface area contributed by atoms with Crippen molar-refractivity contribution >= 4 is 32.4 Å². The molecule has 0 aliphatic heterocycles. The summed E-state index contributed by atoms with van der Waals surface area (Å²) in [5.74, 6) is -0.176. The Labute approximate surface area is 150 Å².